The third-order valence-corrected chi connectivity index (χ3v) is 5.85. The molecule has 0 saturated carbocycles. The molecular formula is C22H27ClFN3O3. The van der Waals surface area contributed by atoms with Crippen molar-refractivity contribution in [2.75, 3.05) is 27.2 Å². The zero-order chi connectivity index (χ0) is 21.8. The van der Waals surface area contributed by atoms with Gasteiger partial charge in [-0.2, -0.15) is 0 Å². The molecular weight excluding hydrogens is 409 g/mol. The van der Waals surface area contributed by atoms with Gasteiger partial charge in [0.2, 0.25) is 0 Å². The van der Waals surface area contributed by atoms with E-state index in [1.54, 1.807) is 15.5 Å². The van der Waals surface area contributed by atoms with Crippen LogP contribution in [0.2, 0.25) is 5.02 Å². The summed E-state index contributed by atoms with van der Waals surface area (Å²) < 4.78 is 20.6. The molecule has 0 atom stereocenters. The molecule has 0 radical (unpaired) electrons. The van der Waals surface area contributed by atoms with Crippen LogP contribution >= 0.6 is 11.6 Å². The first kappa shape index (κ1) is 22.3. The summed E-state index contributed by atoms with van der Waals surface area (Å²) in [4.78, 5) is 27.9. The smallest absolute Gasteiger partial charge is 0.293 e. The maximum absolute atomic E-state index is 13.4. The van der Waals surface area contributed by atoms with Gasteiger partial charge in [-0.15, -0.1) is 0 Å². The average Bonchev–Trinajstić information content (AvgIpc) is 2.72. The third kappa shape index (κ3) is 4.37. The van der Waals surface area contributed by atoms with Crippen LogP contribution in [0.4, 0.5) is 4.39 Å². The number of ether oxygens (including phenoxy) is 1. The van der Waals surface area contributed by atoms with Gasteiger partial charge in [0.1, 0.15) is 5.82 Å². The highest BCUT2D eigenvalue weighted by Crippen LogP contribution is 2.29. The molecule has 0 fully saturated rings. The summed E-state index contributed by atoms with van der Waals surface area (Å²) in [5.74, 6) is -0.657. The van der Waals surface area contributed by atoms with Gasteiger partial charge in [0.15, 0.2) is 5.75 Å². The van der Waals surface area contributed by atoms with E-state index in [0.29, 0.717) is 25.1 Å². The summed E-state index contributed by atoms with van der Waals surface area (Å²) in [5.41, 5.74) is 2.47. The van der Waals surface area contributed by atoms with Crippen LogP contribution < -0.4 is 15.6 Å². The van der Waals surface area contributed by atoms with Gasteiger partial charge in [0, 0.05) is 25.3 Å². The number of unbranched alkanes of at least 4 members (excludes halogenated alkanes) is 1. The molecule has 3 rings (SSSR count). The molecule has 1 aliphatic rings. The zero-order valence-corrected chi connectivity index (χ0v) is 18.3. The number of hydrogen-bond donors (Lipinski definition) is 1. The molecule has 1 aromatic heterocycles. The van der Waals surface area contributed by atoms with Crippen molar-refractivity contribution in [3.05, 3.63) is 61.8 Å². The lowest BCUT2D eigenvalue weighted by Gasteiger charge is -2.31. The van der Waals surface area contributed by atoms with E-state index in [4.69, 9.17) is 16.3 Å². The molecule has 0 bridgehead atoms. The standard InChI is InChI=1S/C22H27ClFN3O3/c1-14-16-8-11-26(13-15-6-7-18(24)17(23)12-15)21(28)19(16)20(30-3)22(29)27(14)10-5-4-9-25-2/h6-7,12,25H,4-5,8-11,13H2,1-3H3. The number of rotatable bonds is 8. The molecule has 6 nitrogen and oxygen atoms in total. The van der Waals surface area contributed by atoms with Gasteiger partial charge in [-0.1, -0.05) is 17.7 Å². The van der Waals surface area contributed by atoms with Crippen LogP contribution in [-0.2, 0) is 19.5 Å². The fraction of sp³-hybridized carbons (Fsp3) is 0.455. The molecule has 0 aliphatic carbocycles. The maximum atomic E-state index is 13.4. The Morgan fingerprint density at radius 1 is 1.27 bits per heavy atom. The fourth-order valence-electron chi connectivity index (χ4n) is 3.94. The van der Waals surface area contributed by atoms with Crippen LogP contribution in [0.15, 0.2) is 23.0 Å². The number of aromatic nitrogens is 1. The Hall–Kier alpha value is -2.38. The van der Waals surface area contributed by atoms with E-state index in [1.165, 1.54) is 19.2 Å². The normalized spacial score (nSPS) is 13.5. The van der Waals surface area contributed by atoms with Crippen molar-refractivity contribution in [2.24, 2.45) is 0 Å². The number of nitrogens with one attached hydrogen (secondary N) is 1. The van der Waals surface area contributed by atoms with Gasteiger partial charge in [-0.3, -0.25) is 9.59 Å². The van der Waals surface area contributed by atoms with Gasteiger partial charge < -0.3 is 19.5 Å². The molecule has 1 aromatic carbocycles. The van der Waals surface area contributed by atoms with Gasteiger partial charge in [-0.05, 0) is 63.0 Å². The molecule has 0 unspecified atom stereocenters. The molecule has 1 amide bonds. The first-order valence-corrected chi connectivity index (χ1v) is 10.4. The van der Waals surface area contributed by atoms with E-state index in [1.807, 2.05) is 14.0 Å². The van der Waals surface area contributed by atoms with E-state index in [0.717, 1.165) is 36.2 Å². The molecule has 0 saturated heterocycles. The minimum absolute atomic E-state index is 0.0203. The molecule has 30 heavy (non-hydrogen) atoms. The molecule has 1 aliphatic heterocycles. The molecule has 162 valence electrons. The Labute approximate surface area is 180 Å². The predicted molar refractivity (Wildman–Crippen MR) is 115 cm³/mol. The second-order valence-corrected chi connectivity index (χ2v) is 7.87. The second kappa shape index (κ2) is 9.62. The van der Waals surface area contributed by atoms with E-state index < -0.39 is 5.82 Å². The zero-order valence-electron chi connectivity index (χ0n) is 17.6. The van der Waals surface area contributed by atoms with Crippen molar-refractivity contribution in [2.45, 2.75) is 39.3 Å². The molecule has 0 spiro atoms. The largest absolute Gasteiger partial charge is 0.490 e. The SMILES string of the molecule is CNCCCCn1c(C)c2c(c(OC)c1=O)C(=O)N(Cc1ccc(F)c(Cl)c1)CC2. The fourth-order valence-corrected chi connectivity index (χ4v) is 4.14. The van der Waals surface area contributed by atoms with Crippen molar-refractivity contribution in [1.82, 2.24) is 14.8 Å². The van der Waals surface area contributed by atoms with E-state index in [-0.39, 0.29) is 28.8 Å². The Kier molecular flexibility index (Phi) is 7.15. The number of carbonyl (C=O) groups excluding carboxylic acids is 1. The Morgan fingerprint density at radius 2 is 2.03 bits per heavy atom. The highest BCUT2D eigenvalue weighted by molar-refractivity contribution is 6.30. The minimum Gasteiger partial charge on any atom is -0.490 e. The molecule has 2 heterocycles. The Bertz CT molecular complexity index is 1010. The Morgan fingerprint density at radius 3 is 2.70 bits per heavy atom. The van der Waals surface area contributed by atoms with E-state index >= 15 is 0 Å². The number of methoxy groups -OCH3 is 1. The number of fused-ring (bicyclic) bond motifs is 1. The van der Waals surface area contributed by atoms with Crippen LogP contribution in [0.1, 0.15) is 40.0 Å². The van der Waals surface area contributed by atoms with Crippen molar-refractivity contribution in [1.29, 1.82) is 0 Å². The van der Waals surface area contributed by atoms with Gasteiger partial charge in [-0.25, -0.2) is 4.39 Å². The van der Waals surface area contributed by atoms with E-state index in [9.17, 15) is 14.0 Å². The van der Waals surface area contributed by atoms with Crippen molar-refractivity contribution >= 4 is 17.5 Å². The number of carbonyl (C=O) groups is 1. The van der Waals surface area contributed by atoms with Crippen molar-refractivity contribution < 1.29 is 13.9 Å². The summed E-state index contributed by atoms with van der Waals surface area (Å²) in [7, 11) is 3.32. The second-order valence-electron chi connectivity index (χ2n) is 7.46. The van der Waals surface area contributed by atoms with Crippen LogP contribution in [0.25, 0.3) is 0 Å². The van der Waals surface area contributed by atoms with Gasteiger partial charge in [0.25, 0.3) is 11.5 Å². The highest BCUT2D eigenvalue weighted by Gasteiger charge is 2.32. The number of hydrogen-bond acceptors (Lipinski definition) is 4. The van der Waals surface area contributed by atoms with Crippen molar-refractivity contribution in [3.8, 4) is 5.75 Å². The highest BCUT2D eigenvalue weighted by atomic mass is 35.5. The number of amides is 1. The summed E-state index contributed by atoms with van der Waals surface area (Å²) >= 11 is 5.87. The van der Waals surface area contributed by atoms with Gasteiger partial charge >= 0.3 is 0 Å². The van der Waals surface area contributed by atoms with Crippen LogP contribution in [0.3, 0.4) is 0 Å². The lowest BCUT2D eigenvalue weighted by molar-refractivity contribution is 0.0721. The number of pyridine rings is 1. The molecule has 2 aromatic rings. The van der Waals surface area contributed by atoms with E-state index in [2.05, 4.69) is 5.32 Å². The molecule has 8 heteroatoms. The summed E-state index contributed by atoms with van der Waals surface area (Å²) in [6.45, 7) is 4.15. The van der Waals surface area contributed by atoms with Crippen LogP contribution in [-0.4, -0.2) is 42.6 Å². The first-order valence-electron chi connectivity index (χ1n) is 10.1. The topological polar surface area (TPSA) is 63.6 Å². The summed E-state index contributed by atoms with van der Waals surface area (Å²) in [6.07, 6.45) is 2.43. The quantitative estimate of drug-likeness (QED) is 0.647. The van der Waals surface area contributed by atoms with Crippen molar-refractivity contribution in [3.63, 3.8) is 0 Å². The van der Waals surface area contributed by atoms with Gasteiger partial charge in [0.05, 0.1) is 17.7 Å². The first-order chi connectivity index (χ1) is 14.4. The summed E-state index contributed by atoms with van der Waals surface area (Å²) in [5, 5.41) is 3.12. The van der Waals surface area contributed by atoms with Crippen LogP contribution in [0.5, 0.6) is 5.75 Å². The minimum atomic E-state index is -0.497. The lowest BCUT2D eigenvalue weighted by Crippen LogP contribution is -2.40. The Balaban J connectivity index is 1.92. The monoisotopic (exact) mass is 435 g/mol. The molecule has 1 N–H and O–H groups in total. The average molecular weight is 436 g/mol. The summed E-state index contributed by atoms with van der Waals surface area (Å²) in [6, 6.07) is 4.42. The third-order valence-electron chi connectivity index (χ3n) is 5.56. The van der Waals surface area contributed by atoms with Crippen LogP contribution in [0, 0.1) is 12.7 Å². The maximum Gasteiger partial charge on any atom is 0.293 e. The lowest BCUT2D eigenvalue weighted by atomic mass is 9.96. The number of nitrogens with zero attached hydrogens (tertiary/aromatic N) is 2. The predicted octanol–water partition coefficient (Wildman–Crippen LogP) is 3.16. The number of benzene rings is 1. The number of halogens is 2.